The molecule has 0 radical (unpaired) electrons. The van der Waals surface area contributed by atoms with Crippen molar-refractivity contribution >= 4 is 5.78 Å². The number of rotatable bonds is 5. The van der Waals surface area contributed by atoms with Gasteiger partial charge in [0.1, 0.15) is 0 Å². The summed E-state index contributed by atoms with van der Waals surface area (Å²) in [5, 5.41) is 0. The maximum absolute atomic E-state index is 12.1. The van der Waals surface area contributed by atoms with Gasteiger partial charge in [0.2, 0.25) is 0 Å². The molecule has 0 spiro atoms. The molecular formula is C16H25NO. The van der Waals surface area contributed by atoms with E-state index in [4.69, 9.17) is 0 Å². The Morgan fingerprint density at radius 2 is 1.83 bits per heavy atom. The van der Waals surface area contributed by atoms with Crippen LogP contribution >= 0.6 is 0 Å². The predicted molar refractivity (Wildman–Crippen MR) is 77.1 cm³/mol. The highest BCUT2D eigenvalue weighted by Gasteiger charge is 2.15. The van der Waals surface area contributed by atoms with Crippen LogP contribution in [0, 0.1) is 12.3 Å². The van der Waals surface area contributed by atoms with Gasteiger partial charge in [-0.1, -0.05) is 45.0 Å². The summed E-state index contributed by atoms with van der Waals surface area (Å²) in [4.78, 5) is 14.3. The van der Waals surface area contributed by atoms with Gasteiger partial charge in [-0.05, 0) is 24.9 Å². The molecule has 1 aromatic rings. The summed E-state index contributed by atoms with van der Waals surface area (Å²) in [7, 11) is 2.08. The fraction of sp³-hybridized carbons (Fsp3) is 0.562. The minimum Gasteiger partial charge on any atom is -0.305 e. The third kappa shape index (κ3) is 5.01. The first-order valence-electron chi connectivity index (χ1n) is 6.57. The molecule has 2 nitrogen and oxygen atoms in total. The Kier molecular flexibility index (Phi) is 5.09. The summed E-state index contributed by atoms with van der Waals surface area (Å²) in [6.45, 7) is 10.5. The zero-order valence-corrected chi connectivity index (χ0v) is 12.3. The lowest BCUT2D eigenvalue weighted by atomic mass is 9.96. The molecule has 1 rings (SSSR count). The molecule has 18 heavy (non-hydrogen) atoms. The molecule has 0 aromatic heterocycles. The molecule has 2 heteroatoms. The number of hydrogen-bond donors (Lipinski definition) is 0. The number of ketones is 1. The average Bonchev–Trinajstić information content (AvgIpc) is 2.24. The van der Waals surface area contributed by atoms with Crippen LogP contribution in [0.1, 0.15) is 43.1 Å². The highest BCUT2D eigenvalue weighted by molar-refractivity contribution is 5.97. The summed E-state index contributed by atoms with van der Waals surface area (Å²) in [5.41, 5.74) is 2.21. The van der Waals surface area contributed by atoms with Crippen molar-refractivity contribution in [3.05, 3.63) is 35.4 Å². The van der Waals surface area contributed by atoms with E-state index >= 15 is 0 Å². The van der Waals surface area contributed by atoms with Gasteiger partial charge in [-0.25, -0.2) is 0 Å². The molecular weight excluding hydrogens is 222 g/mol. The third-order valence-corrected chi connectivity index (χ3v) is 2.91. The number of benzene rings is 1. The van der Waals surface area contributed by atoms with E-state index in [1.165, 1.54) is 0 Å². The van der Waals surface area contributed by atoms with Crippen LogP contribution in [0.2, 0.25) is 0 Å². The number of nitrogens with zero attached hydrogens (tertiary/aromatic N) is 1. The van der Waals surface area contributed by atoms with Gasteiger partial charge in [0.15, 0.2) is 5.78 Å². The largest absolute Gasteiger partial charge is 0.305 e. The molecule has 0 aliphatic rings. The minimum absolute atomic E-state index is 0.244. The molecule has 0 aliphatic carbocycles. The lowest BCUT2D eigenvalue weighted by Gasteiger charge is -2.26. The number of hydrogen-bond acceptors (Lipinski definition) is 2. The van der Waals surface area contributed by atoms with Crippen LogP contribution in [0.4, 0.5) is 0 Å². The Morgan fingerprint density at radius 3 is 2.39 bits per heavy atom. The van der Waals surface area contributed by atoms with Crippen LogP contribution in [0.15, 0.2) is 24.3 Å². The molecule has 0 N–H and O–H groups in total. The molecule has 0 fully saturated rings. The molecule has 0 saturated carbocycles. The van der Waals surface area contributed by atoms with E-state index in [2.05, 4.69) is 32.7 Å². The van der Waals surface area contributed by atoms with Crippen molar-refractivity contribution in [1.82, 2.24) is 4.90 Å². The van der Waals surface area contributed by atoms with E-state index in [0.29, 0.717) is 6.42 Å². The lowest BCUT2D eigenvalue weighted by Crippen LogP contribution is -2.31. The van der Waals surface area contributed by atoms with Crippen molar-refractivity contribution in [2.24, 2.45) is 5.41 Å². The maximum Gasteiger partial charge on any atom is 0.164 e. The van der Waals surface area contributed by atoms with E-state index in [0.717, 1.165) is 24.2 Å². The Bertz CT molecular complexity index is 404. The second-order valence-corrected chi connectivity index (χ2v) is 6.29. The van der Waals surface area contributed by atoms with E-state index in [-0.39, 0.29) is 11.2 Å². The normalized spacial score (nSPS) is 11.9. The van der Waals surface area contributed by atoms with Crippen LogP contribution < -0.4 is 0 Å². The van der Waals surface area contributed by atoms with Crippen molar-refractivity contribution in [2.75, 3.05) is 20.1 Å². The number of carbonyl (C=O) groups excluding carboxylic acids is 1. The molecule has 1 aromatic carbocycles. The lowest BCUT2D eigenvalue weighted by molar-refractivity contribution is 0.0961. The van der Waals surface area contributed by atoms with Crippen molar-refractivity contribution < 1.29 is 4.79 Å². The Balaban J connectivity index is 2.50. The number of aryl methyl sites for hydroxylation is 1. The Morgan fingerprint density at radius 1 is 1.22 bits per heavy atom. The highest BCUT2D eigenvalue weighted by Crippen LogP contribution is 2.15. The van der Waals surface area contributed by atoms with Gasteiger partial charge in [0.05, 0.1) is 0 Å². The maximum atomic E-state index is 12.1. The molecule has 0 saturated heterocycles. The SMILES string of the molecule is Cc1ccccc1C(=O)CCN(C)CC(C)(C)C. The van der Waals surface area contributed by atoms with Gasteiger partial charge in [-0.15, -0.1) is 0 Å². The van der Waals surface area contributed by atoms with E-state index in [1.54, 1.807) is 0 Å². The zero-order valence-electron chi connectivity index (χ0n) is 12.3. The van der Waals surface area contributed by atoms with Crippen molar-refractivity contribution in [1.29, 1.82) is 0 Å². The molecule has 0 unspecified atom stereocenters. The smallest absolute Gasteiger partial charge is 0.164 e. The fourth-order valence-corrected chi connectivity index (χ4v) is 2.20. The van der Waals surface area contributed by atoms with Gasteiger partial charge in [0.25, 0.3) is 0 Å². The molecule has 0 atom stereocenters. The van der Waals surface area contributed by atoms with Crippen molar-refractivity contribution in [2.45, 2.75) is 34.1 Å². The summed E-state index contributed by atoms with van der Waals surface area (Å²) in [6, 6.07) is 7.81. The molecule has 0 heterocycles. The summed E-state index contributed by atoms with van der Waals surface area (Å²) in [5.74, 6) is 0.244. The topological polar surface area (TPSA) is 20.3 Å². The standard InChI is InChI=1S/C16H25NO/c1-13-8-6-7-9-14(13)15(18)10-11-17(5)12-16(2,3)4/h6-9H,10-12H2,1-5H3. The van der Waals surface area contributed by atoms with Crippen LogP contribution in [0.3, 0.4) is 0 Å². The monoisotopic (exact) mass is 247 g/mol. The van der Waals surface area contributed by atoms with E-state index in [1.807, 2.05) is 31.2 Å². The molecule has 0 aliphatic heterocycles. The first kappa shape index (κ1) is 14.9. The van der Waals surface area contributed by atoms with Crippen LogP contribution in [-0.2, 0) is 0 Å². The van der Waals surface area contributed by atoms with Crippen LogP contribution in [0.25, 0.3) is 0 Å². The second kappa shape index (κ2) is 6.14. The highest BCUT2D eigenvalue weighted by atomic mass is 16.1. The number of carbonyl (C=O) groups is 1. The molecule has 0 bridgehead atoms. The van der Waals surface area contributed by atoms with Gasteiger partial charge >= 0.3 is 0 Å². The fourth-order valence-electron chi connectivity index (χ4n) is 2.20. The average molecular weight is 247 g/mol. The van der Waals surface area contributed by atoms with E-state index in [9.17, 15) is 4.79 Å². The van der Waals surface area contributed by atoms with Crippen LogP contribution in [-0.4, -0.2) is 30.8 Å². The van der Waals surface area contributed by atoms with Gasteiger partial charge in [-0.2, -0.15) is 0 Å². The van der Waals surface area contributed by atoms with Crippen LogP contribution in [0.5, 0.6) is 0 Å². The first-order valence-corrected chi connectivity index (χ1v) is 6.57. The zero-order chi connectivity index (χ0) is 13.8. The molecule has 0 amide bonds. The second-order valence-electron chi connectivity index (χ2n) is 6.29. The van der Waals surface area contributed by atoms with Crippen molar-refractivity contribution in [3.8, 4) is 0 Å². The minimum atomic E-state index is 0.244. The van der Waals surface area contributed by atoms with Gasteiger partial charge in [-0.3, -0.25) is 4.79 Å². The van der Waals surface area contributed by atoms with Gasteiger partial charge in [0, 0.05) is 25.1 Å². The molecule has 100 valence electrons. The van der Waals surface area contributed by atoms with Crippen molar-refractivity contribution in [3.63, 3.8) is 0 Å². The predicted octanol–water partition coefficient (Wildman–Crippen LogP) is 3.55. The van der Waals surface area contributed by atoms with E-state index < -0.39 is 0 Å². The number of Topliss-reactive ketones (excluding diaryl/α,β-unsaturated/α-hetero) is 1. The first-order chi connectivity index (χ1) is 8.29. The Hall–Kier alpha value is -1.15. The Labute approximate surface area is 111 Å². The summed E-state index contributed by atoms with van der Waals surface area (Å²) in [6.07, 6.45) is 0.595. The quantitative estimate of drug-likeness (QED) is 0.742. The summed E-state index contributed by atoms with van der Waals surface area (Å²) >= 11 is 0. The third-order valence-electron chi connectivity index (χ3n) is 2.91. The van der Waals surface area contributed by atoms with Gasteiger partial charge < -0.3 is 4.90 Å². The summed E-state index contributed by atoms with van der Waals surface area (Å²) < 4.78 is 0.